The number of benzene rings is 2. The van der Waals surface area contributed by atoms with Gasteiger partial charge in [0.05, 0.1) is 12.8 Å². The van der Waals surface area contributed by atoms with Crippen molar-refractivity contribution in [3.8, 4) is 17.0 Å². The van der Waals surface area contributed by atoms with E-state index in [1.165, 1.54) is 17.1 Å². The molecule has 0 aliphatic rings. The van der Waals surface area contributed by atoms with E-state index in [1.807, 2.05) is 48.5 Å². The molecule has 0 fully saturated rings. The highest BCUT2D eigenvalue weighted by molar-refractivity contribution is 7.08. The molecule has 3 aromatic rings. The number of rotatable bonds is 6. The molecule has 2 aromatic carbocycles. The van der Waals surface area contributed by atoms with Gasteiger partial charge in [0.25, 0.3) is 5.91 Å². The second-order valence-electron chi connectivity index (χ2n) is 5.30. The zero-order chi connectivity index (χ0) is 16.8. The summed E-state index contributed by atoms with van der Waals surface area (Å²) in [5.74, 6) is 0.719. The van der Waals surface area contributed by atoms with E-state index in [0.29, 0.717) is 11.4 Å². The molecule has 4 nitrogen and oxygen atoms in total. The highest BCUT2D eigenvalue weighted by Gasteiger charge is 2.11. The molecular formula is C19H18N2O2S. The molecule has 0 saturated heterocycles. The average molecular weight is 338 g/mol. The molecule has 0 radical (unpaired) electrons. The number of hydrogen-bond acceptors (Lipinski definition) is 4. The van der Waals surface area contributed by atoms with Crippen LogP contribution >= 0.6 is 11.5 Å². The van der Waals surface area contributed by atoms with Crippen molar-refractivity contribution >= 4 is 17.4 Å². The van der Waals surface area contributed by atoms with Crippen LogP contribution in [0.5, 0.6) is 5.75 Å². The minimum absolute atomic E-state index is 0.0804. The van der Waals surface area contributed by atoms with Gasteiger partial charge in [0.15, 0.2) is 0 Å². The van der Waals surface area contributed by atoms with Gasteiger partial charge >= 0.3 is 0 Å². The molecule has 0 saturated carbocycles. The van der Waals surface area contributed by atoms with Gasteiger partial charge in [0.1, 0.15) is 10.6 Å². The second kappa shape index (κ2) is 7.75. The zero-order valence-corrected chi connectivity index (χ0v) is 14.2. The Kier molecular flexibility index (Phi) is 5.23. The van der Waals surface area contributed by atoms with Crippen LogP contribution in [0.15, 0.2) is 60.7 Å². The molecule has 0 bridgehead atoms. The van der Waals surface area contributed by atoms with Gasteiger partial charge in [0.2, 0.25) is 0 Å². The Morgan fingerprint density at radius 1 is 1.12 bits per heavy atom. The summed E-state index contributed by atoms with van der Waals surface area (Å²) < 4.78 is 9.52. The Morgan fingerprint density at radius 3 is 2.58 bits per heavy atom. The van der Waals surface area contributed by atoms with E-state index in [-0.39, 0.29) is 5.91 Å². The van der Waals surface area contributed by atoms with E-state index in [4.69, 9.17) is 4.74 Å². The molecule has 0 unspecified atom stereocenters. The monoisotopic (exact) mass is 338 g/mol. The lowest BCUT2D eigenvalue weighted by atomic mass is 10.1. The number of methoxy groups -OCH3 is 1. The van der Waals surface area contributed by atoms with Crippen molar-refractivity contribution in [1.82, 2.24) is 9.69 Å². The van der Waals surface area contributed by atoms with Crippen molar-refractivity contribution in [3.05, 3.63) is 71.1 Å². The fourth-order valence-corrected chi connectivity index (χ4v) is 3.01. The first-order valence-corrected chi connectivity index (χ1v) is 8.47. The van der Waals surface area contributed by atoms with Crippen LogP contribution in [0.1, 0.15) is 15.2 Å². The van der Waals surface area contributed by atoms with Gasteiger partial charge < -0.3 is 10.1 Å². The van der Waals surface area contributed by atoms with Gasteiger partial charge in [-0.2, -0.15) is 4.37 Å². The number of ether oxygens (including phenoxy) is 1. The van der Waals surface area contributed by atoms with Gasteiger partial charge in [-0.1, -0.05) is 30.3 Å². The van der Waals surface area contributed by atoms with E-state index >= 15 is 0 Å². The Hall–Kier alpha value is -2.66. The molecule has 0 aliphatic heterocycles. The highest BCUT2D eigenvalue weighted by atomic mass is 32.1. The predicted molar refractivity (Wildman–Crippen MR) is 96.6 cm³/mol. The van der Waals surface area contributed by atoms with Crippen LogP contribution in [0.3, 0.4) is 0 Å². The maximum Gasteiger partial charge on any atom is 0.263 e. The third-order valence-electron chi connectivity index (χ3n) is 3.66. The molecule has 122 valence electrons. The van der Waals surface area contributed by atoms with E-state index < -0.39 is 0 Å². The first kappa shape index (κ1) is 16.2. The number of carbonyl (C=O) groups excluding carboxylic acids is 1. The summed E-state index contributed by atoms with van der Waals surface area (Å²) >= 11 is 1.22. The number of amides is 1. The van der Waals surface area contributed by atoms with Crippen LogP contribution in [-0.2, 0) is 6.42 Å². The Balaban J connectivity index is 1.59. The number of nitrogens with zero attached hydrogens (tertiary/aromatic N) is 1. The fourth-order valence-electron chi connectivity index (χ4n) is 2.33. The first-order chi connectivity index (χ1) is 11.8. The molecule has 1 N–H and O–H groups in total. The van der Waals surface area contributed by atoms with Crippen molar-refractivity contribution in [1.29, 1.82) is 0 Å². The fraction of sp³-hybridized carbons (Fsp3) is 0.158. The minimum atomic E-state index is -0.0804. The number of carbonyl (C=O) groups is 1. The summed E-state index contributed by atoms with van der Waals surface area (Å²) in [5.41, 5.74) is 2.98. The van der Waals surface area contributed by atoms with E-state index in [2.05, 4.69) is 21.8 Å². The molecule has 3 rings (SSSR count). The van der Waals surface area contributed by atoms with Crippen LogP contribution in [0.2, 0.25) is 0 Å². The van der Waals surface area contributed by atoms with Crippen molar-refractivity contribution < 1.29 is 9.53 Å². The topological polar surface area (TPSA) is 51.2 Å². The normalized spacial score (nSPS) is 10.4. The molecule has 0 atom stereocenters. The van der Waals surface area contributed by atoms with Gasteiger partial charge in [-0.3, -0.25) is 4.79 Å². The highest BCUT2D eigenvalue weighted by Crippen LogP contribution is 2.24. The Labute approximate surface area is 145 Å². The standard InChI is InChI=1S/C19H18N2O2S/c1-23-16-9-7-15(8-10-16)17-13-18(24-21-17)19(22)20-12-11-14-5-3-2-4-6-14/h2-10,13H,11-12H2,1H3,(H,20,22). The van der Waals surface area contributed by atoms with Crippen LogP contribution in [0.25, 0.3) is 11.3 Å². The number of nitrogens with one attached hydrogen (secondary N) is 1. The lowest BCUT2D eigenvalue weighted by Gasteiger charge is -2.03. The van der Waals surface area contributed by atoms with Crippen molar-refractivity contribution in [2.75, 3.05) is 13.7 Å². The lowest BCUT2D eigenvalue weighted by molar-refractivity contribution is 0.0958. The summed E-state index contributed by atoms with van der Waals surface area (Å²) in [6.45, 7) is 0.610. The van der Waals surface area contributed by atoms with Crippen molar-refractivity contribution in [3.63, 3.8) is 0 Å². The third kappa shape index (κ3) is 4.00. The van der Waals surface area contributed by atoms with Crippen LogP contribution in [-0.4, -0.2) is 23.9 Å². The Bertz CT molecular complexity index is 798. The molecule has 1 amide bonds. The van der Waals surface area contributed by atoms with E-state index in [9.17, 15) is 4.79 Å². The van der Waals surface area contributed by atoms with Gasteiger partial charge in [0, 0.05) is 12.1 Å². The molecule has 1 aromatic heterocycles. The summed E-state index contributed by atoms with van der Waals surface area (Å²) in [5, 5.41) is 2.94. The average Bonchev–Trinajstić information content (AvgIpc) is 3.13. The molecule has 24 heavy (non-hydrogen) atoms. The van der Waals surface area contributed by atoms with Crippen molar-refractivity contribution in [2.24, 2.45) is 0 Å². The number of aromatic nitrogens is 1. The zero-order valence-electron chi connectivity index (χ0n) is 13.4. The summed E-state index contributed by atoms with van der Waals surface area (Å²) in [6.07, 6.45) is 0.816. The van der Waals surface area contributed by atoms with E-state index in [0.717, 1.165) is 23.4 Å². The Morgan fingerprint density at radius 2 is 1.88 bits per heavy atom. The second-order valence-corrected chi connectivity index (χ2v) is 6.10. The smallest absolute Gasteiger partial charge is 0.263 e. The molecule has 0 aliphatic carbocycles. The number of hydrogen-bond donors (Lipinski definition) is 1. The van der Waals surface area contributed by atoms with Crippen molar-refractivity contribution in [2.45, 2.75) is 6.42 Å². The van der Waals surface area contributed by atoms with Gasteiger partial charge in [-0.25, -0.2) is 0 Å². The lowest BCUT2D eigenvalue weighted by Crippen LogP contribution is -2.24. The first-order valence-electron chi connectivity index (χ1n) is 7.69. The predicted octanol–water partition coefficient (Wildman–Crippen LogP) is 3.79. The molecule has 5 heteroatoms. The third-order valence-corrected chi connectivity index (χ3v) is 4.45. The maximum absolute atomic E-state index is 12.2. The molecule has 0 spiro atoms. The minimum Gasteiger partial charge on any atom is -0.497 e. The maximum atomic E-state index is 12.2. The SMILES string of the molecule is COc1ccc(-c2cc(C(=O)NCCc3ccccc3)sn2)cc1. The van der Waals surface area contributed by atoms with Gasteiger partial charge in [-0.05, 0) is 53.8 Å². The van der Waals surface area contributed by atoms with Crippen LogP contribution < -0.4 is 10.1 Å². The summed E-state index contributed by atoms with van der Waals surface area (Å²) in [7, 11) is 1.63. The summed E-state index contributed by atoms with van der Waals surface area (Å²) in [4.78, 5) is 12.8. The van der Waals surface area contributed by atoms with Gasteiger partial charge in [-0.15, -0.1) is 0 Å². The summed E-state index contributed by atoms with van der Waals surface area (Å²) in [6, 6.07) is 19.6. The largest absolute Gasteiger partial charge is 0.497 e. The van der Waals surface area contributed by atoms with E-state index in [1.54, 1.807) is 7.11 Å². The van der Waals surface area contributed by atoms with Crippen LogP contribution in [0.4, 0.5) is 0 Å². The molecular weight excluding hydrogens is 320 g/mol. The quantitative estimate of drug-likeness (QED) is 0.744. The molecule has 1 heterocycles. The van der Waals surface area contributed by atoms with Crippen LogP contribution in [0, 0.1) is 0 Å².